The third kappa shape index (κ3) is 8.43. The lowest BCUT2D eigenvalue weighted by atomic mass is 10.1. The molecule has 3 heterocycles. The lowest BCUT2D eigenvalue weighted by molar-refractivity contribution is 0.623. The molecule has 0 fully saturated rings. The predicted molar refractivity (Wildman–Crippen MR) is 188 cm³/mol. The fraction of sp³-hybridized carbons (Fsp3) is 0.114. The number of H-pyrrole nitrogens is 1. The zero-order chi connectivity index (χ0) is 32.0. The standard InChI is InChI=1S/C19H16FN5.C16H13BrFN3.ClH/c1-12(13-3-2-4-16(20)7-13)24-19-11-21-18-8-14(5-6-17(18)25-19)15-9-22-23-10-15;1-10(11-3-2-4-13(18)7-11)20-16-9-19-15-8-12(17)5-6-14(15)21-16;/h2-12H,1H3,(H,22,23)(H,24,25);2-10H,1H3,(H,20,21);1H/t12-;10-;/m11./s1. The predicted octanol–water partition coefficient (Wildman–Crippen LogP) is 9.46. The fourth-order valence-corrected chi connectivity index (χ4v) is 5.23. The van der Waals surface area contributed by atoms with Crippen LogP contribution in [0.5, 0.6) is 0 Å². The Balaban J connectivity index is 0.000000183. The summed E-state index contributed by atoms with van der Waals surface area (Å²) in [5, 5.41) is 13.3. The van der Waals surface area contributed by atoms with Gasteiger partial charge in [0.25, 0.3) is 0 Å². The van der Waals surface area contributed by atoms with E-state index in [-0.39, 0.29) is 36.1 Å². The first-order chi connectivity index (χ1) is 22.3. The zero-order valence-electron chi connectivity index (χ0n) is 25.3. The molecular formula is C35H30BrClF2N8. The Bertz CT molecular complexity index is 2110. The Labute approximate surface area is 284 Å². The number of aromatic nitrogens is 6. The number of anilines is 2. The molecule has 0 spiro atoms. The first-order valence-corrected chi connectivity index (χ1v) is 15.3. The van der Waals surface area contributed by atoms with Gasteiger partial charge in [0.05, 0.1) is 52.7 Å². The average Bonchev–Trinajstić information content (AvgIpc) is 3.60. The molecule has 7 rings (SSSR count). The van der Waals surface area contributed by atoms with Gasteiger partial charge in [-0.3, -0.25) is 15.1 Å². The van der Waals surface area contributed by atoms with Crippen LogP contribution < -0.4 is 10.6 Å². The van der Waals surface area contributed by atoms with Crippen molar-refractivity contribution in [3.05, 3.63) is 137 Å². The van der Waals surface area contributed by atoms with E-state index in [0.717, 1.165) is 48.8 Å². The maximum absolute atomic E-state index is 13.4. The summed E-state index contributed by atoms with van der Waals surface area (Å²) in [7, 11) is 0. The molecule has 0 bridgehead atoms. The summed E-state index contributed by atoms with van der Waals surface area (Å²) in [6.45, 7) is 3.92. The Morgan fingerprint density at radius 1 is 0.638 bits per heavy atom. The highest BCUT2D eigenvalue weighted by molar-refractivity contribution is 9.10. The van der Waals surface area contributed by atoms with E-state index in [1.165, 1.54) is 24.3 Å². The summed E-state index contributed by atoms with van der Waals surface area (Å²) in [4.78, 5) is 18.0. The van der Waals surface area contributed by atoms with E-state index < -0.39 is 0 Å². The van der Waals surface area contributed by atoms with Gasteiger partial charge in [0.2, 0.25) is 0 Å². The number of nitrogens with one attached hydrogen (secondary N) is 3. The minimum atomic E-state index is -0.248. The largest absolute Gasteiger partial charge is 0.362 e. The van der Waals surface area contributed by atoms with Crippen LogP contribution in [0.4, 0.5) is 20.4 Å². The third-order valence-electron chi connectivity index (χ3n) is 7.30. The number of aromatic amines is 1. The smallest absolute Gasteiger partial charge is 0.145 e. The lowest BCUT2D eigenvalue weighted by Crippen LogP contribution is -2.08. The van der Waals surface area contributed by atoms with Crippen LogP contribution in [0.2, 0.25) is 0 Å². The number of rotatable bonds is 7. The van der Waals surface area contributed by atoms with E-state index >= 15 is 0 Å². The Morgan fingerprint density at radius 2 is 1.19 bits per heavy atom. The van der Waals surface area contributed by atoms with Gasteiger partial charge in [-0.25, -0.2) is 18.7 Å². The minimum Gasteiger partial charge on any atom is -0.362 e. The van der Waals surface area contributed by atoms with Gasteiger partial charge in [-0.15, -0.1) is 12.4 Å². The van der Waals surface area contributed by atoms with Crippen molar-refractivity contribution in [2.24, 2.45) is 0 Å². The van der Waals surface area contributed by atoms with Gasteiger partial charge in [0.15, 0.2) is 0 Å². The van der Waals surface area contributed by atoms with Crippen LogP contribution in [-0.2, 0) is 0 Å². The van der Waals surface area contributed by atoms with Crippen molar-refractivity contribution < 1.29 is 8.78 Å². The molecule has 0 amide bonds. The number of benzene rings is 4. The van der Waals surface area contributed by atoms with Crippen LogP contribution >= 0.6 is 28.3 Å². The summed E-state index contributed by atoms with van der Waals surface area (Å²) in [6, 6.07) is 24.6. The minimum absolute atomic E-state index is 0. The number of hydrogen-bond acceptors (Lipinski definition) is 7. The first kappa shape index (κ1) is 33.4. The second-order valence-electron chi connectivity index (χ2n) is 10.7. The van der Waals surface area contributed by atoms with Crippen LogP contribution in [0.3, 0.4) is 0 Å². The van der Waals surface area contributed by atoms with Crippen molar-refractivity contribution in [1.82, 2.24) is 30.1 Å². The van der Waals surface area contributed by atoms with Crippen molar-refractivity contribution in [3.63, 3.8) is 0 Å². The van der Waals surface area contributed by atoms with Crippen molar-refractivity contribution in [1.29, 1.82) is 0 Å². The number of nitrogens with zero attached hydrogens (tertiary/aromatic N) is 5. The summed E-state index contributed by atoms with van der Waals surface area (Å²) in [5.74, 6) is 0.833. The van der Waals surface area contributed by atoms with Gasteiger partial charge in [0, 0.05) is 16.2 Å². The van der Waals surface area contributed by atoms with E-state index in [1.807, 2.05) is 68.6 Å². The van der Waals surface area contributed by atoms with Gasteiger partial charge >= 0.3 is 0 Å². The molecule has 0 aliphatic carbocycles. The van der Waals surface area contributed by atoms with Crippen molar-refractivity contribution in [2.75, 3.05) is 10.6 Å². The van der Waals surface area contributed by atoms with Gasteiger partial charge in [0.1, 0.15) is 23.3 Å². The van der Waals surface area contributed by atoms with E-state index in [0.29, 0.717) is 11.6 Å². The molecule has 47 heavy (non-hydrogen) atoms. The molecule has 0 aliphatic rings. The van der Waals surface area contributed by atoms with Crippen molar-refractivity contribution in [2.45, 2.75) is 25.9 Å². The molecule has 7 aromatic rings. The Hall–Kier alpha value is -5.00. The number of fused-ring (bicyclic) bond motifs is 2. The maximum Gasteiger partial charge on any atom is 0.145 e. The zero-order valence-corrected chi connectivity index (χ0v) is 27.7. The van der Waals surface area contributed by atoms with E-state index in [1.54, 1.807) is 30.7 Å². The van der Waals surface area contributed by atoms with E-state index in [4.69, 9.17) is 0 Å². The normalized spacial score (nSPS) is 12.0. The van der Waals surface area contributed by atoms with E-state index in [9.17, 15) is 8.78 Å². The molecule has 12 heteroatoms. The van der Waals surface area contributed by atoms with Crippen LogP contribution in [0.1, 0.15) is 37.1 Å². The Morgan fingerprint density at radius 3 is 1.72 bits per heavy atom. The average molecular weight is 716 g/mol. The van der Waals surface area contributed by atoms with Gasteiger partial charge in [-0.05, 0) is 85.1 Å². The molecular weight excluding hydrogens is 686 g/mol. The van der Waals surface area contributed by atoms with Gasteiger partial charge in [-0.2, -0.15) is 5.10 Å². The van der Waals surface area contributed by atoms with E-state index in [2.05, 4.69) is 56.7 Å². The molecule has 0 aliphatic heterocycles. The first-order valence-electron chi connectivity index (χ1n) is 14.5. The lowest BCUT2D eigenvalue weighted by Gasteiger charge is -2.15. The van der Waals surface area contributed by atoms with Crippen molar-refractivity contribution >= 4 is 62.0 Å². The molecule has 4 aromatic carbocycles. The SMILES string of the molecule is C[C@@H](Nc1cnc2cc(-c3cn[nH]c3)ccc2n1)c1cccc(F)c1.C[C@@H](Nc1cnc2cc(Br)ccc2n1)c1cccc(F)c1.Cl. The third-order valence-corrected chi connectivity index (χ3v) is 7.80. The van der Waals surface area contributed by atoms with Crippen LogP contribution in [0, 0.1) is 11.6 Å². The molecule has 3 aromatic heterocycles. The molecule has 3 N–H and O–H groups in total. The molecule has 238 valence electrons. The van der Waals surface area contributed by atoms with Crippen LogP contribution in [0.25, 0.3) is 33.2 Å². The summed E-state index contributed by atoms with van der Waals surface area (Å²) in [6.07, 6.45) is 6.98. The molecule has 0 unspecified atom stereocenters. The second-order valence-corrected chi connectivity index (χ2v) is 11.6. The summed E-state index contributed by atoms with van der Waals surface area (Å²) in [5.41, 5.74) is 7.01. The summed E-state index contributed by atoms with van der Waals surface area (Å²) >= 11 is 3.41. The number of hydrogen-bond donors (Lipinski definition) is 3. The maximum atomic E-state index is 13.4. The molecule has 0 radical (unpaired) electrons. The monoisotopic (exact) mass is 714 g/mol. The molecule has 2 atom stereocenters. The number of halogens is 4. The van der Waals surface area contributed by atoms with Gasteiger partial charge in [-0.1, -0.05) is 46.3 Å². The van der Waals surface area contributed by atoms with Crippen LogP contribution in [-0.4, -0.2) is 30.1 Å². The highest BCUT2D eigenvalue weighted by Crippen LogP contribution is 2.25. The highest BCUT2D eigenvalue weighted by atomic mass is 79.9. The Kier molecular flexibility index (Phi) is 10.7. The highest BCUT2D eigenvalue weighted by Gasteiger charge is 2.10. The molecule has 8 nitrogen and oxygen atoms in total. The molecule has 0 saturated heterocycles. The van der Waals surface area contributed by atoms with Crippen molar-refractivity contribution in [3.8, 4) is 11.1 Å². The fourth-order valence-electron chi connectivity index (χ4n) is 4.88. The second kappa shape index (κ2) is 15.1. The quantitative estimate of drug-likeness (QED) is 0.151. The van der Waals surface area contributed by atoms with Crippen LogP contribution in [0.15, 0.2) is 114 Å². The topological polar surface area (TPSA) is 104 Å². The molecule has 0 saturated carbocycles. The van der Waals surface area contributed by atoms with Gasteiger partial charge < -0.3 is 10.6 Å². The summed E-state index contributed by atoms with van der Waals surface area (Å²) < 4.78 is 27.6.